The van der Waals surface area contributed by atoms with Crippen molar-refractivity contribution in [3.63, 3.8) is 0 Å². The Kier molecular flexibility index (Phi) is 2.03. The van der Waals surface area contributed by atoms with Gasteiger partial charge in [-0.05, 0) is 24.6 Å². The minimum atomic E-state index is 0.465. The number of benzene rings is 1. The van der Waals surface area contributed by atoms with Crippen molar-refractivity contribution >= 4 is 10.9 Å². The number of fused-ring (bicyclic) bond motifs is 6. The Morgan fingerprint density at radius 3 is 3.11 bits per heavy atom. The molecule has 4 rings (SSSR count). The molecule has 1 aromatic carbocycles. The Balaban J connectivity index is 2.05. The summed E-state index contributed by atoms with van der Waals surface area (Å²) in [5, 5.41) is 1.35. The first-order valence-electron chi connectivity index (χ1n) is 6.54. The molecule has 1 aromatic heterocycles. The van der Waals surface area contributed by atoms with Crippen molar-refractivity contribution in [2.75, 3.05) is 13.1 Å². The number of aromatic nitrogens is 1. The summed E-state index contributed by atoms with van der Waals surface area (Å²) in [7, 11) is 0. The van der Waals surface area contributed by atoms with E-state index in [0.29, 0.717) is 12.6 Å². The van der Waals surface area contributed by atoms with Crippen LogP contribution in [0.1, 0.15) is 23.6 Å². The second-order valence-corrected chi connectivity index (χ2v) is 5.33. The summed E-state index contributed by atoms with van der Waals surface area (Å²) >= 11 is 0. The van der Waals surface area contributed by atoms with E-state index in [0.717, 1.165) is 6.54 Å². The van der Waals surface area contributed by atoms with Gasteiger partial charge in [0.2, 0.25) is 0 Å². The fourth-order valence-electron chi connectivity index (χ4n) is 3.67. The third kappa shape index (κ3) is 1.21. The van der Waals surface area contributed by atoms with Gasteiger partial charge in [0, 0.05) is 30.1 Å². The van der Waals surface area contributed by atoms with Crippen LogP contribution in [0.15, 0.2) is 24.3 Å². The minimum absolute atomic E-state index is 0.465. The summed E-state index contributed by atoms with van der Waals surface area (Å²) in [6.45, 7) is 11.1. The second-order valence-electron chi connectivity index (χ2n) is 5.33. The van der Waals surface area contributed by atoms with E-state index in [1.54, 1.807) is 0 Å². The second kappa shape index (κ2) is 3.60. The molecule has 0 amide bonds. The van der Waals surface area contributed by atoms with Crippen LogP contribution in [0.25, 0.3) is 15.7 Å². The fraction of sp³-hybridized carbons (Fsp3) is 0.400. The van der Waals surface area contributed by atoms with Crippen molar-refractivity contribution in [3.8, 4) is 0 Å². The lowest BCUT2D eigenvalue weighted by molar-refractivity contribution is 0.312. The molecule has 18 heavy (non-hydrogen) atoms. The smallest absolute Gasteiger partial charge is 0.293 e. The van der Waals surface area contributed by atoms with Gasteiger partial charge in [-0.25, -0.2) is 6.57 Å². The first-order valence-corrected chi connectivity index (χ1v) is 6.54. The van der Waals surface area contributed by atoms with Gasteiger partial charge in [-0.1, -0.05) is 18.2 Å². The highest BCUT2D eigenvalue weighted by Crippen LogP contribution is 2.41. The van der Waals surface area contributed by atoms with Crippen molar-refractivity contribution in [3.05, 3.63) is 46.9 Å². The Labute approximate surface area is 106 Å². The summed E-state index contributed by atoms with van der Waals surface area (Å²) in [6.07, 6.45) is 1.25. The van der Waals surface area contributed by atoms with Crippen LogP contribution < -0.4 is 0 Å². The summed E-state index contributed by atoms with van der Waals surface area (Å²) in [5.41, 5.74) is 4.16. The van der Waals surface area contributed by atoms with Gasteiger partial charge in [0.25, 0.3) is 6.67 Å². The number of nitrogens with zero attached hydrogens (tertiary/aromatic N) is 3. The zero-order valence-corrected chi connectivity index (χ0v) is 10.3. The van der Waals surface area contributed by atoms with Crippen LogP contribution in [0.4, 0.5) is 0 Å². The highest BCUT2D eigenvalue weighted by Gasteiger charge is 2.35. The number of hydrogen-bond acceptors (Lipinski definition) is 1. The van der Waals surface area contributed by atoms with E-state index >= 15 is 0 Å². The molecule has 3 heterocycles. The number of para-hydroxylation sites is 1. The van der Waals surface area contributed by atoms with E-state index in [-0.39, 0.29) is 0 Å². The van der Waals surface area contributed by atoms with Gasteiger partial charge >= 0.3 is 0 Å². The zero-order chi connectivity index (χ0) is 12.1. The maximum atomic E-state index is 7.20. The molecule has 2 unspecified atom stereocenters. The normalized spacial score (nSPS) is 25.1. The van der Waals surface area contributed by atoms with Crippen molar-refractivity contribution in [1.82, 2.24) is 9.47 Å². The quantitative estimate of drug-likeness (QED) is 0.695. The molecule has 0 spiro atoms. The van der Waals surface area contributed by atoms with Crippen LogP contribution >= 0.6 is 0 Å². The van der Waals surface area contributed by atoms with Crippen LogP contribution in [0, 0.1) is 6.57 Å². The summed E-state index contributed by atoms with van der Waals surface area (Å²) < 4.78 is 2.25. The highest BCUT2D eigenvalue weighted by atomic mass is 15.2. The molecule has 0 saturated carbocycles. The molecule has 90 valence electrons. The maximum Gasteiger partial charge on any atom is 0.293 e. The highest BCUT2D eigenvalue weighted by molar-refractivity contribution is 5.86. The molecule has 2 aromatic rings. The molecule has 1 fully saturated rings. The molecule has 0 aliphatic carbocycles. The van der Waals surface area contributed by atoms with Gasteiger partial charge in [-0.15, -0.1) is 0 Å². The summed E-state index contributed by atoms with van der Waals surface area (Å²) in [6, 6.07) is 8.55. The predicted octanol–water partition coefficient (Wildman–Crippen LogP) is 2.82. The van der Waals surface area contributed by atoms with Gasteiger partial charge in [0.05, 0.1) is 5.52 Å². The van der Waals surface area contributed by atoms with E-state index in [2.05, 4.69) is 38.6 Å². The lowest BCUT2D eigenvalue weighted by atomic mass is 9.97. The van der Waals surface area contributed by atoms with E-state index in [1.165, 1.54) is 41.7 Å². The van der Waals surface area contributed by atoms with Gasteiger partial charge in [-0.2, -0.15) is 0 Å². The monoisotopic (exact) mass is 237 g/mol. The Morgan fingerprint density at radius 2 is 2.22 bits per heavy atom. The maximum absolute atomic E-state index is 7.20. The van der Waals surface area contributed by atoms with Crippen molar-refractivity contribution < 1.29 is 0 Å². The molecule has 2 bridgehead atoms. The fourth-order valence-corrected chi connectivity index (χ4v) is 3.67. The van der Waals surface area contributed by atoms with Crippen molar-refractivity contribution in [1.29, 1.82) is 0 Å². The summed E-state index contributed by atoms with van der Waals surface area (Å²) in [4.78, 5) is 6.16. The predicted molar refractivity (Wildman–Crippen MR) is 71.2 cm³/mol. The minimum Gasteiger partial charge on any atom is -0.298 e. The Hall–Kier alpha value is -1.79. The largest absolute Gasteiger partial charge is 0.298 e. The average molecular weight is 237 g/mol. The topological polar surface area (TPSA) is 12.5 Å². The molecule has 1 saturated heterocycles. The third-order valence-electron chi connectivity index (χ3n) is 4.37. The molecule has 0 radical (unpaired) electrons. The third-order valence-corrected chi connectivity index (χ3v) is 4.37. The lowest BCUT2D eigenvalue weighted by Crippen LogP contribution is -2.25. The van der Waals surface area contributed by atoms with Gasteiger partial charge < -0.3 is 0 Å². The van der Waals surface area contributed by atoms with Crippen LogP contribution in [0.5, 0.6) is 0 Å². The van der Waals surface area contributed by atoms with Crippen LogP contribution in [0.2, 0.25) is 0 Å². The van der Waals surface area contributed by atoms with Crippen LogP contribution in [-0.2, 0) is 13.2 Å². The van der Waals surface area contributed by atoms with Gasteiger partial charge in [-0.3, -0.25) is 14.3 Å². The SMILES string of the molecule is [C-]#[N+]Cn1c2c(c3ccccc31)CN1CCC2C1. The number of hydrogen-bond donors (Lipinski definition) is 0. The van der Waals surface area contributed by atoms with Crippen LogP contribution in [0.3, 0.4) is 0 Å². The van der Waals surface area contributed by atoms with E-state index in [4.69, 9.17) is 6.57 Å². The summed E-state index contributed by atoms with van der Waals surface area (Å²) in [5.74, 6) is 0.642. The molecule has 3 heteroatoms. The lowest BCUT2D eigenvalue weighted by Gasteiger charge is -2.23. The number of rotatable bonds is 1. The first kappa shape index (κ1) is 10.2. The van der Waals surface area contributed by atoms with E-state index in [9.17, 15) is 0 Å². The molecule has 2 atom stereocenters. The Bertz CT molecular complexity index is 662. The molecule has 0 N–H and O–H groups in total. The van der Waals surface area contributed by atoms with Gasteiger partial charge in [0.15, 0.2) is 0 Å². The van der Waals surface area contributed by atoms with E-state index in [1.807, 2.05) is 0 Å². The molecule has 2 aliphatic rings. The van der Waals surface area contributed by atoms with Crippen molar-refractivity contribution in [2.45, 2.75) is 25.6 Å². The standard InChI is InChI=1S/C15H15N3/c1-16-10-18-14-5-3-2-4-12(14)13-9-17-7-6-11(8-17)15(13)18/h2-5,11H,6-10H2. The van der Waals surface area contributed by atoms with E-state index < -0.39 is 0 Å². The van der Waals surface area contributed by atoms with Gasteiger partial charge in [0.1, 0.15) is 0 Å². The zero-order valence-electron chi connectivity index (χ0n) is 10.3. The molecular weight excluding hydrogens is 222 g/mol. The van der Waals surface area contributed by atoms with Crippen LogP contribution in [-0.4, -0.2) is 22.6 Å². The molecular formula is C15H15N3. The first-order chi connectivity index (χ1) is 8.88. The molecule has 2 aliphatic heterocycles. The Morgan fingerprint density at radius 1 is 1.33 bits per heavy atom. The van der Waals surface area contributed by atoms with Crippen molar-refractivity contribution in [2.24, 2.45) is 0 Å². The average Bonchev–Trinajstić information content (AvgIpc) is 2.92. The molecule has 3 nitrogen and oxygen atoms in total.